The van der Waals surface area contributed by atoms with Crippen LogP contribution in [0.25, 0.3) is 0 Å². The van der Waals surface area contributed by atoms with E-state index in [9.17, 15) is 0 Å². The minimum atomic E-state index is 0. The summed E-state index contributed by atoms with van der Waals surface area (Å²) in [7, 11) is 0. The third-order valence-corrected chi connectivity index (χ3v) is 10.4. The molecule has 292 valence electrons. The van der Waals surface area contributed by atoms with Crippen molar-refractivity contribution in [3.05, 3.63) is 60.7 Å². The zero-order valence-corrected chi connectivity index (χ0v) is 35.2. The van der Waals surface area contributed by atoms with Gasteiger partial charge in [-0.15, -0.1) is 0 Å². The van der Waals surface area contributed by atoms with Crippen molar-refractivity contribution >= 4 is 22.8 Å². The van der Waals surface area contributed by atoms with Gasteiger partial charge in [0.25, 0.3) is 0 Å². The molecule has 0 heterocycles. The molecule has 0 saturated carbocycles. The number of nitrogens with zero attached hydrogens (tertiary/aromatic N) is 2. The number of unbranched alkanes of at least 4 members (excludes halogenated alkanes) is 28. The molecule has 0 fully saturated rings. The van der Waals surface area contributed by atoms with Gasteiger partial charge in [0.15, 0.2) is 0 Å². The minimum absolute atomic E-state index is 0. The van der Waals surface area contributed by atoms with Crippen LogP contribution < -0.4 is 0 Å². The Morgan fingerprint density at radius 3 is 0.824 bits per heavy atom. The molecule has 2 nitrogen and oxygen atoms in total. The third-order valence-electron chi connectivity index (χ3n) is 10.4. The first-order valence-electron chi connectivity index (χ1n) is 22.1. The molecule has 0 unspecified atom stereocenters. The molecule has 0 aliphatic carbocycles. The van der Waals surface area contributed by atoms with Crippen molar-refractivity contribution in [3.8, 4) is 0 Å². The van der Waals surface area contributed by atoms with E-state index >= 15 is 0 Å². The van der Waals surface area contributed by atoms with Gasteiger partial charge in [-0.2, -0.15) is 0 Å². The van der Waals surface area contributed by atoms with Crippen molar-refractivity contribution < 1.29 is 20.4 Å². The molecule has 0 spiro atoms. The normalized spacial score (nSPS) is 12.0. The summed E-state index contributed by atoms with van der Waals surface area (Å²) < 4.78 is 0. The molecule has 0 aromatic heterocycles. The van der Waals surface area contributed by atoms with Gasteiger partial charge in [-0.05, 0) is 49.9 Å². The average molecular weight is 792 g/mol. The Morgan fingerprint density at radius 2 is 0.549 bits per heavy atom. The molecule has 0 N–H and O–H groups in total. The number of rotatable bonds is 35. The molecule has 0 radical (unpaired) electrons. The summed E-state index contributed by atoms with van der Waals surface area (Å²) in [6, 6.07) is 20.9. The first kappa shape index (κ1) is 47.5. The second-order valence-corrected chi connectivity index (χ2v) is 15.2. The van der Waals surface area contributed by atoms with Crippen molar-refractivity contribution in [2.45, 2.75) is 219 Å². The molecule has 51 heavy (non-hydrogen) atoms. The summed E-state index contributed by atoms with van der Waals surface area (Å²) in [4.78, 5) is 10.2. The van der Waals surface area contributed by atoms with E-state index in [0.29, 0.717) is 0 Å². The number of hydrogen-bond donors (Lipinski definition) is 0. The van der Waals surface area contributed by atoms with E-state index in [2.05, 4.69) is 74.5 Å². The predicted octanol–water partition coefficient (Wildman–Crippen LogP) is 17.1. The van der Waals surface area contributed by atoms with Crippen LogP contribution >= 0.6 is 0 Å². The maximum atomic E-state index is 5.13. The van der Waals surface area contributed by atoms with Gasteiger partial charge in [0.2, 0.25) is 0 Å². The third kappa shape index (κ3) is 28.6. The first-order chi connectivity index (χ1) is 24.8. The van der Waals surface area contributed by atoms with E-state index in [0.717, 1.165) is 30.6 Å². The molecule has 2 rings (SSSR count). The summed E-state index contributed by atoms with van der Waals surface area (Å²) in [6.07, 6.45) is 44.6. The van der Waals surface area contributed by atoms with E-state index in [1.807, 2.05) is 0 Å². The van der Waals surface area contributed by atoms with Gasteiger partial charge in [-0.25, -0.2) is 0 Å². The van der Waals surface area contributed by atoms with Crippen molar-refractivity contribution in [1.29, 1.82) is 0 Å². The molecule has 0 saturated heterocycles. The topological polar surface area (TPSA) is 24.7 Å². The molecule has 2 aromatic rings. The molecule has 0 amide bonds. The van der Waals surface area contributed by atoms with Gasteiger partial charge >= 0.3 is 0 Å². The number of benzene rings is 2. The quantitative estimate of drug-likeness (QED) is 0.0377. The molecular formula is C48H80N2Pd. The van der Waals surface area contributed by atoms with E-state index in [-0.39, 0.29) is 20.4 Å². The maximum absolute atomic E-state index is 5.13. The van der Waals surface area contributed by atoms with Crippen LogP contribution in [0.2, 0.25) is 0 Å². The van der Waals surface area contributed by atoms with Crippen LogP contribution in [0.5, 0.6) is 0 Å². The summed E-state index contributed by atoms with van der Waals surface area (Å²) in [5.74, 6) is 0. The molecular weight excluding hydrogens is 711 g/mol. The Hall–Kier alpha value is -1.56. The molecule has 2 aromatic carbocycles. The monoisotopic (exact) mass is 791 g/mol. The van der Waals surface area contributed by atoms with Crippen molar-refractivity contribution in [3.63, 3.8) is 0 Å². The van der Waals surface area contributed by atoms with Crippen LogP contribution in [0.4, 0.5) is 11.4 Å². The SMILES string of the molecule is CCCCCCCCCCCCCCCCCCCCCCCCCCCCCCC(=N\c1ccccc1)/C(CCCC)=N/c1ccccc1.[Pd]. The minimum Gasteiger partial charge on any atom is -0.252 e. The van der Waals surface area contributed by atoms with Crippen LogP contribution in [0.15, 0.2) is 70.6 Å². The Kier molecular flexibility index (Phi) is 34.2. The maximum Gasteiger partial charge on any atom is 0.0633 e. The zero-order chi connectivity index (χ0) is 35.4. The summed E-state index contributed by atoms with van der Waals surface area (Å²) >= 11 is 0. The predicted molar refractivity (Wildman–Crippen MR) is 226 cm³/mol. The number of para-hydroxylation sites is 2. The fraction of sp³-hybridized carbons (Fsp3) is 0.708. The van der Waals surface area contributed by atoms with Gasteiger partial charge in [-0.1, -0.05) is 230 Å². The Labute approximate surface area is 331 Å². The van der Waals surface area contributed by atoms with Crippen LogP contribution in [0, 0.1) is 0 Å². The summed E-state index contributed by atoms with van der Waals surface area (Å²) in [5, 5.41) is 0. The van der Waals surface area contributed by atoms with Gasteiger partial charge in [0, 0.05) is 20.4 Å². The number of hydrogen-bond acceptors (Lipinski definition) is 2. The molecule has 0 aliphatic rings. The van der Waals surface area contributed by atoms with Gasteiger partial charge < -0.3 is 0 Å². The van der Waals surface area contributed by atoms with Crippen molar-refractivity contribution in [2.24, 2.45) is 9.98 Å². The van der Waals surface area contributed by atoms with Crippen LogP contribution in [0.3, 0.4) is 0 Å². The fourth-order valence-electron chi connectivity index (χ4n) is 7.15. The second kappa shape index (κ2) is 36.8. The number of aliphatic imine (C=N–C) groups is 2. The standard InChI is InChI=1S/C48H80N2.Pd/c1-3-5-7-8-9-10-11-12-13-14-15-16-17-18-19-20-21-22-23-24-25-26-27-28-29-30-31-38-44-48(50-46-41-36-33-37-42-46)47(43-6-4-2)49-45-39-34-32-35-40-45;/h32-37,39-42H,3-31,38,43-44H2,1-2H3;/b49-47+,50-48+;. The zero-order valence-electron chi connectivity index (χ0n) is 33.6. The summed E-state index contributed by atoms with van der Waals surface area (Å²) in [5.41, 5.74) is 4.44. The van der Waals surface area contributed by atoms with Gasteiger partial charge in [0.1, 0.15) is 0 Å². The van der Waals surface area contributed by atoms with E-state index in [4.69, 9.17) is 9.98 Å². The average Bonchev–Trinajstić information content (AvgIpc) is 3.15. The largest absolute Gasteiger partial charge is 0.252 e. The van der Waals surface area contributed by atoms with Crippen molar-refractivity contribution in [2.75, 3.05) is 0 Å². The van der Waals surface area contributed by atoms with Crippen LogP contribution in [-0.2, 0) is 20.4 Å². The molecule has 0 aliphatic heterocycles. The second-order valence-electron chi connectivity index (χ2n) is 15.2. The molecule has 3 heteroatoms. The fourth-order valence-corrected chi connectivity index (χ4v) is 7.15. The smallest absolute Gasteiger partial charge is 0.0633 e. The van der Waals surface area contributed by atoms with Crippen molar-refractivity contribution in [1.82, 2.24) is 0 Å². The van der Waals surface area contributed by atoms with Crippen LogP contribution in [0.1, 0.15) is 219 Å². The molecule has 0 atom stereocenters. The Bertz CT molecular complexity index is 1050. The molecule has 0 bridgehead atoms. The van der Waals surface area contributed by atoms with Gasteiger partial charge in [-0.3, -0.25) is 9.98 Å². The van der Waals surface area contributed by atoms with E-state index in [1.165, 1.54) is 198 Å². The van der Waals surface area contributed by atoms with E-state index < -0.39 is 0 Å². The van der Waals surface area contributed by atoms with Crippen LogP contribution in [-0.4, -0.2) is 11.4 Å². The Balaban J connectivity index is 0.0000130. The first-order valence-corrected chi connectivity index (χ1v) is 22.1. The van der Waals surface area contributed by atoms with E-state index in [1.54, 1.807) is 0 Å². The Morgan fingerprint density at radius 1 is 0.314 bits per heavy atom. The van der Waals surface area contributed by atoms with Gasteiger partial charge in [0.05, 0.1) is 22.8 Å². The summed E-state index contributed by atoms with van der Waals surface area (Å²) in [6.45, 7) is 4.57.